The monoisotopic (exact) mass is 370 g/mol. The molecule has 0 bridgehead atoms. The van der Waals surface area contributed by atoms with Gasteiger partial charge < -0.3 is 9.64 Å². The zero-order valence-corrected chi connectivity index (χ0v) is 15.7. The van der Waals surface area contributed by atoms with Crippen molar-refractivity contribution in [3.8, 4) is 0 Å². The minimum absolute atomic E-state index is 0.112. The second-order valence-electron chi connectivity index (χ2n) is 6.97. The SMILES string of the molecule is COCC1(C(=O)N2CCCN(S(=O)(=O)c3cnn(C)c3)CC2)CCC1. The van der Waals surface area contributed by atoms with Gasteiger partial charge in [0.15, 0.2) is 0 Å². The fourth-order valence-electron chi connectivity index (χ4n) is 3.65. The molecule has 1 aromatic heterocycles. The molecule has 0 unspecified atom stereocenters. The van der Waals surface area contributed by atoms with Gasteiger partial charge in [0.1, 0.15) is 4.90 Å². The van der Waals surface area contributed by atoms with E-state index in [0.29, 0.717) is 39.2 Å². The van der Waals surface area contributed by atoms with Crippen molar-refractivity contribution < 1.29 is 17.9 Å². The van der Waals surface area contributed by atoms with E-state index in [1.165, 1.54) is 21.4 Å². The van der Waals surface area contributed by atoms with Gasteiger partial charge in [0.25, 0.3) is 0 Å². The van der Waals surface area contributed by atoms with E-state index in [9.17, 15) is 13.2 Å². The largest absolute Gasteiger partial charge is 0.384 e. The summed E-state index contributed by atoms with van der Waals surface area (Å²) in [6, 6.07) is 0. The Morgan fingerprint density at radius 1 is 1.24 bits per heavy atom. The summed E-state index contributed by atoms with van der Waals surface area (Å²) in [6.45, 7) is 2.18. The zero-order chi connectivity index (χ0) is 18.1. The van der Waals surface area contributed by atoms with Crippen molar-refractivity contribution in [2.45, 2.75) is 30.6 Å². The summed E-state index contributed by atoms with van der Waals surface area (Å²) >= 11 is 0. The number of aromatic nitrogens is 2. The van der Waals surface area contributed by atoms with Crippen LogP contribution in [-0.4, -0.2) is 73.2 Å². The highest BCUT2D eigenvalue weighted by atomic mass is 32.2. The Kier molecular flexibility index (Phi) is 5.17. The average molecular weight is 370 g/mol. The summed E-state index contributed by atoms with van der Waals surface area (Å²) in [5, 5.41) is 3.95. The summed E-state index contributed by atoms with van der Waals surface area (Å²) < 4.78 is 33.7. The van der Waals surface area contributed by atoms with Crippen LogP contribution in [-0.2, 0) is 26.6 Å². The van der Waals surface area contributed by atoms with E-state index in [4.69, 9.17) is 4.74 Å². The second-order valence-corrected chi connectivity index (χ2v) is 8.90. The molecule has 1 saturated carbocycles. The third-order valence-corrected chi connectivity index (χ3v) is 7.10. The van der Waals surface area contributed by atoms with E-state index in [0.717, 1.165) is 19.3 Å². The van der Waals surface area contributed by atoms with Crippen molar-refractivity contribution in [2.24, 2.45) is 12.5 Å². The number of sulfonamides is 1. The van der Waals surface area contributed by atoms with Gasteiger partial charge in [0, 0.05) is 46.5 Å². The molecule has 0 radical (unpaired) electrons. The molecule has 3 rings (SSSR count). The van der Waals surface area contributed by atoms with Gasteiger partial charge >= 0.3 is 0 Å². The Hall–Kier alpha value is -1.45. The van der Waals surface area contributed by atoms with Crippen LogP contribution in [0.2, 0.25) is 0 Å². The molecule has 1 amide bonds. The quantitative estimate of drug-likeness (QED) is 0.752. The summed E-state index contributed by atoms with van der Waals surface area (Å²) in [4.78, 5) is 15.0. The minimum atomic E-state index is -3.56. The van der Waals surface area contributed by atoms with Crippen molar-refractivity contribution in [3.63, 3.8) is 0 Å². The minimum Gasteiger partial charge on any atom is -0.384 e. The van der Waals surface area contributed by atoms with Crippen LogP contribution in [0.25, 0.3) is 0 Å². The third-order valence-electron chi connectivity index (χ3n) is 5.25. The maximum absolute atomic E-state index is 12.9. The van der Waals surface area contributed by atoms with Gasteiger partial charge in [-0.25, -0.2) is 8.42 Å². The van der Waals surface area contributed by atoms with Gasteiger partial charge in [-0.1, -0.05) is 6.42 Å². The van der Waals surface area contributed by atoms with E-state index >= 15 is 0 Å². The second kappa shape index (κ2) is 7.05. The predicted octanol–water partition coefficient (Wildman–Crippen LogP) is 0.460. The highest BCUT2D eigenvalue weighted by molar-refractivity contribution is 7.89. The molecule has 1 aliphatic carbocycles. The van der Waals surface area contributed by atoms with Gasteiger partial charge in [-0.2, -0.15) is 9.40 Å². The third kappa shape index (κ3) is 3.45. The van der Waals surface area contributed by atoms with Crippen LogP contribution >= 0.6 is 0 Å². The van der Waals surface area contributed by atoms with Crippen LogP contribution in [0.5, 0.6) is 0 Å². The van der Waals surface area contributed by atoms with Crippen LogP contribution < -0.4 is 0 Å². The van der Waals surface area contributed by atoms with Crippen molar-refractivity contribution in [3.05, 3.63) is 12.4 Å². The number of methoxy groups -OCH3 is 1. The number of hydrogen-bond donors (Lipinski definition) is 0. The normalized spacial score (nSPS) is 21.6. The summed E-state index contributed by atoms with van der Waals surface area (Å²) in [5.74, 6) is 0.112. The van der Waals surface area contributed by atoms with Gasteiger partial charge in [-0.3, -0.25) is 9.48 Å². The van der Waals surface area contributed by atoms with Crippen LogP contribution in [0.1, 0.15) is 25.7 Å². The molecule has 0 aromatic carbocycles. The molecule has 0 spiro atoms. The first-order chi connectivity index (χ1) is 11.9. The molecule has 1 saturated heterocycles. The molecule has 2 fully saturated rings. The lowest BCUT2D eigenvalue weighted by molar-refractivity contribution is -0.152. The zero-order valence-electron chi connectivity index (χ0n) is 14.8. The van der Waals surface area contributed by atoms with E-state index in [1.54, 1.807) is 14.2 Å². The molecule has 25 heavy (non-hydrogen) atoms. The fraction of sp³-hybridized carbons (Fsp3) is 0.750. The number of carbonyl (C=O) groups is 1. The molecule has 0 atom stereocenters. The van der Waals surface area contributed by atoms with Crippen molar-refractivity contribution >= 4 is 15.9 Å². The Bertz CT molecular complexity index is 726. The van der Waals surface area contributed by atoms with Gasteiger partial charge in [0.2, 0.25) is 15.9 Å². The maximum Gasteiger partial charge on any atom is 0.246 e. The van der Waals surface area contributed by atoms with Gasteiger partial charge in [0.05, 0.1) is 18.2 Å². The Morgan fingerprint density at radius 2 is 2.00 bits per heavy atom. The number of carbonyl (C=O) groups excluding carboxylic acids is 1. The summed E-state index contributed by atoms with van der Waals surface area (Å²) in [6.07, 6.45) is 6.26. The Labute approximate surface area is 148 Å². The van der Waals surface area contributed by atoms with Crippen molar-refractivity contribution in [1.82, 2.24) is 19.0 Å². The van der Waals surface area contributed by atoms with Crippen molar-refractivity contribution in [2.75, 3.05) is 39.9 Å². The first kappa shape index (κ1) is 18.3. The first-order valence-electron chi connectivity index (χ1n) is 8.66. The molecule has 0 N–H and O–H groups in total. The number of amides is 1. The molecule has 1 aromatic rings. The number of hydrogen-bond acceptors (Lipinski definition) is 5. The molecular formula is C16H26N4O4S. The fourth-order valence-corrected chi connectivity index (χ4v) is 5.11. The standard InChI is InChI=1S/C16H26N4O4S/c1-18-12-14(11-17-18)25(22,23)20-8-4-7-19(9-10-20)15(21)16(13-24-2)5-3-6-16/h11-12H,3-10,13H2,1-2H3. The Balaban J connectivity index is 1.69. The molecule has 140 valence electrons. The van der Waals surface area contributed by atoms with E-state index < -0.39 is 15.4 Å². The molecule has 8 nitrogen and oxygen atoms in total. The van der Waals surface area contributed by atoms with Crippen LogP contribution in [0.4, 0.5) is 0 Å². The lowest BCUT2D eigenvalue weighted by Gasteiger charge is -2.42. The van der Waals surface area contributed by atoms with Gasteiger partial charge in [-0.05, 0) is 19.3 Å². The lowest BCUT2D eigenvalue weighted by atomic mass is 9.68. The number of rotatable bonds is 5. The lowest BCUT2D eigenvalue weighted by Crippen LogP contribution is -2.51. The molecule has 2 aliphatic rings. The molecule has 1 aliphatic heterocycles. The predicted molar refractivity (Wildman–Crippen MR) is 91.3 cm³/mol. The van der Waals surface area contributed by atoms with E-state index in [1.807, 2.05) is 4.90 Å². The average Bonchev–Trinajstić information content (AvgIpc) is 2.83. The first-order valence-corrected chi connectivity index (χ1v) is 10.1. The maximum atomic E-state index is 12.9. The number of aryl methyl sites for hydroxylation is 1. The number of ether oxygens (including phenoxy) is 1. The highest BCUT2D eigenvalue weighted by Crippen LogP contribution is 2.42. The van der Waals surface area contributed by atoms with Crippen LogP contribution in [0.3, 0.4) is 0 Å². The topological polar surface area (TPSA) is 84.7 Å². The van der Waals surface area contributed by atoms with E-state index in [-0.39, 0.29) is 10.8 Å². The van der Waals surface area contributed by atoms with Crippen molar-refractivity contribution in [1.29, 1.82) is 0 Å². The van der Waals surface area contributed by atoms with Gasteiger partial charge in [-0.15, -0.1) is 0 Å². The highest BCUT2D eigenvalue weighted by Gasteiger charge is 2.46. The molecule has 9 heteroatoms. The summed E-state index contributed by atoms with van der Waals surface area (Å²) in [7, 11) is -0.250. The molecular weight excluding hydrogens is 344 g/mol. The van der Waals surface area contributed by atoms with Crippen LogP contribution in [0.15, 0.2) is 17.3 Å². The summed E-state index contributed by atoms with van der Waals surface area (Å²) in [5.41, 5.74) is -0.397. The molecule has 2 heterocycles. The Morgan fingerprint density at radius 3 is 2.56 bits per heavy atom. The number of nitrogens with zero attached hydrogens (tertiary/aromatic N) is 4. The van der Waals surface area contributed by atoms with Crippen LogP contribution in [0, 0.1) is 5.41 Å². The smallest absolute Gasteiger partial charge is 0.246 e. The van der Waals surface area contributed by atoms with E-state index in [2.05, 4.69) is 5.10 Å².